The molecule has 1 heterocycles. The van der Waals surface area contributed by atoms with Gasteiger partial charge >= 0.3 is 0 Å². The maximum absolute atomic E-state index is 12.0. The van der Waals surface area contributed by atoms with E-state index in [-0.39, 0.29) is 16.9 Å². The standard InChI is InChI=1S/C14H16N4O2/c15-8-14(5-6-14)13(20)16-10-3-1-9(2-4-10)11-7-12(19)18-17-11/h1-4,7H,5-6,8,15H2,(H,16,20)(H2,17,18,19). The summed E-state index contributed by atoms with van der Waals surface area (Å²) in [7, 11) is 0. The number of aromatic amines is 2. The summed E-state index contributed by atoms with van der Waals surface area (Å²) in [6, 6.07) is 8.80. The minimum absolute atomic E-state index is 0.0113. The highest BCUT2D eigenvalue weighted by Gasteiger charge is 2.48. The number of amides is 1. The lowest BCUT2D eigenvalue weighted by molar-refractivity contribution is -0.120. The molecule has 0 aliphatic heterocycles. The van der Waals surface area contributed by atoms with Gasteiger partial charge in [-0.15, -0.1) is 0 Å². The molecule has 3 rings (SSSR count). The summed E-state index contributed by atoms with van der Waals surface area (Å²) in [5, 5.41) is 8.15. The van der Waals surface area contributed by atoms with Crippen molar-refractivity contribution in [2.45, 2.75) is 12.8 Å². The topological polar surface area (TPSA) is 104 Å². The van der Waals surface area contributed by atoms with E-state index in [0.717, 1.165) is 24.1 Å². The first-order valence-corrected chi connectivity index (χ1v) is 6.53. The monoisotopic (exact) mass is 272 g/mol. The maximum Gasteiger partial charge on any atom is 0.264 e. The summed E-state index contributed by atoms with van der Waals surface area (Å²) in [6.07, 6.45) is 1.72. The number of carbonyl (C=O) groups is 1. The van der Waals surface area contributed by atoms with Crippen molar-refractivity contribution in [1.29, 1.82) is 0 Å². The van der Waals surface area contributed by atoms with E-state index in [1.54, 1.807) is 0 Å². The van der Waals surface area contributed by atoms with Gasteiger partial charge in [-0.2, -0.15) is 0 Å². The van der Waals surface area contributed by atoms with Crippen molar-refractivity contribution >= 4 is 11.6 Å². The van der Waals surface area contributed by atoms with Crippen LogP contribution in [0.25, 0.3) is 11.3 Å². The predicted molar refractivity (Wildman–Crippen MR) is 76.2 cm³/mol. The summed E-state index contributed by atoms with van der Waals surface area (Å²) in [4.78, 5) is 23.1. The van der Waals surface area contributed by atoms with Crippen LogP contribution in [0.3, 0.4) is 0 Å². The molecule has 0 atom stereocenters. The smallest absolute Gasteiger partial charge is 0.264 e. The number of aromatic nitrogens is 2. The molecule has 0 radical (unpaired) electrons. The van der Waals surface area contributed by atoms with E-state index in [1.165, 1.54) is 6.07 Å². The Morgan fingerprint density at radius 2 is 1.95 bits per heavy atom. The van der Waals surface area contributed by atoms with Gasteiger partial charge in [0.1, 0.15) is 0 Å². The Morgan fingerprint density at radius 1 is 1.25 bits per heavy atom. The van der Waals surface area contributed by atoms with Crippen LogP contribution in [0.15, 0.2) is 35.1 Å². The van der Waals surface area contributed by atoms with Gasteiger partial charge in [0.2, 0.25) is 5.91 Å². The molecule has 6 heteroatoms. The number of rotatable bonds is 4. The molecule has 20 heavy (non-hydrogen) atoms. The highest BCUT2D eigenvalue weighted by Crippen LogP contribution is 2.45. The molecule has 1 amide bonds. The van der Waals surface area contributed by atoms with Gasteiger partial charge in [-0.1, -0.05) is 12.1 Å². The average molecular weight is 272 g/mol. The van der Waals surface area contributed by atoms with E-state index in [2.05, 4.69) is 15.5 Å². The molecular formula is C14H16N4O2. The van der Waals surface area contributed by atoms with Crippen molar-refractivity contribution in [2.75, 3.05) is 11.9 Å². The van der Waals surface area contributed by atoms with Crippen molar-refractivity contribution in [1.82, 2.24) is 10.2 Å². The lowest BCUT2D eigenvalue weighted by atomic mass is 10.1. The quantitative estimate of drug-likeness (QED) is 0.668. The van der Waals surface area contributed by atoms with Crippen molar-refractivity contribution in [3.8, 4) is 11.3 Å². The number of anilines is 1. The second-order valence-corrected chi connectivity index (χ2v) is 5.19. The van der Waals surface area contributed by atoms with Gasteiger partial charge in [-0.25, -0.2) is 0 Å². The summed E-state index contributed by atoms with van der Waals surface area (Å²) in [6.45, 7) is 0.390. The summed E-state index contributed by atoms with van der Waals surface area (Å²) < 4.78 is 0. The first-order chi connectivity index (χ1) is 9.63. The third-order valence-corrected chi connectivity index (χ3v) is 3.78. The van der Waals surface area contributed by atoms with E-state index < -0.39 is 0 Å². The van der Waals surface area contributed by atoms with E-state index in [9.17, 15) is 9.59 Å². The molecule has 0 saturated heterocycles. The number of benzene rings is 1. The van der Waals surface area contributed by atoms with Gasteiger partial charge in [0.05, 0.1) is 11.1 Å². The Morgan fingerprint density at radius 3 is 2.45 bits per heavy atom. The number of carbonyl (C=O) groups excluding carboxylic acids is 1. The molecule has 2 aromatic rings. The molecule has 1 saturated carbocycles. The van der Waals surface area contributed by atoms with E-state index in [4.69, 9.17) is 5.73 Å². The number of hydrogen-bond acceptors (Lipinski definition) is 3. The van der Waals surface area contributed by atoms with Gasteiger partial charge in [0.25, 0.3) is 5.56 Å². The molecule has 0 bridgehead atoms. The zero-order valence-corrected chi connectivity index (χ0v) is 10.9. The van der Waals surface area contributed by atoms with Crippen LogP contribution in [0.2, 0.25) is 0 Å². The van der Waals surface area contributed by atoms with Crippen LogP contribution in [0.4, 0.5) is 5.69 Å². The van der Waals surface area contributed by atoms with E-state index >= 15 is 0 Å². The lowest BCUT2D eigenvalue weighted by Crippen LogP contribution is -2.30. The fourth-order valence-electron chi connectivity index (χ4n) is 2.16. The van der Waals surface area contributed by atoms with Crippen molar-refractivity contribution in [3.05, 3.63) is 40.7 Å². The first kappa shape index (κ1) is 12.7. The molecular weight excluding hydrogens is 256 g/mol. The van der Waals surface area contributed by atoms with Crippen LogP contribution in [0, 0.1) is 5.41 Å². The Labute approximate surface area is 115 Å². The third kappa shape index (κ3) is 2.25. The van der Waals surface area contributed by atoms with Crippen molar-refractivity contribution in [2.24, 2.45) is 11.1 Å². The first-order valence-electron chi connectivity index (χ1n) is 6.53. The second-order valence-electron chi connectivity index (χ2n) is 5.19. The molecule has 0 spiro atoms. The van der Waals surface area contributed by atoms with Gasteiger partial charge < -0.3 is 11.1 Å². The molecule has 1 aromatic carbocycles. The fraction of sp³-hybridized carbons (Fsp3) is 0.286. The van der Waals surface area contributed by atoms with Gasteiger partial charge in [0.15, 0.2) is 0 Å². The van der Waals surface area contributed by atoms with Gasteiger partial charge in [-0.05, 0) is 30.5 Å². The van der Waals surface area contributed by atoms with E-state index in [0.29, 0.717) is 12.2 Å². The predicted octanol–water partition coefficient (Wildman–Crippen LogP) is 1.05. The summed E-state index contributed by atoms with van der Waals surface area (Å²) in [5.74, 6) is -0.0113. The normalized spacial score (nSPS) is 15.8. The lowest BCUT2D eigenvalue weighted by Gasteiger charge is -2.12. The van der Waals surface area contributed by atoms with Crippen LogP contribution in [0.1, 0.15) is 12.8 Å². The molecule has 1 aliphatic rings. The zero-order chi connectivity index (χ0) is 14.2. The second kappa shape index (κ2) is 4.64. The minimum atomic E-state index is -0.357. The molecule has 6 nitrogen and oxygen atoms in total. The minimum Gasteiger partial charge on any atom is -0.329 e. The number of nitrogens with one attached hydrogen (secondary N) is 3. The number of nitrogens with two attached hydrogens (primary N) is 1. The molecule has 1 fully saturated rings. The summed E-state index contributed by atoms with van der Waals surface area (Å²) >= 11 is 0. The molecule has 1 aliphatic carbocycles. The van der Waals surface area contributed by atoms with Crippen LogP contribution in [0.5, 0.6) is 0 Å². The van der Waals surface area contributed by atoms with Crippen LogP contribution in [-0.4, -0.2) is 22.6 Å². The molecule has 1 aromatic heterocycles. The SMILES string of the molecule is NCC1(C(=O)Nc2ccc(-c3cc(=O)[nH][nH]3)cc2)CC1. The summed E-state index contributed by atoms with van der Waals surface area (Å²) in [5.41, 5.74) is 7.43. The Kier molecular flexibility index (Phi) is 2.94. The molecule has 0 unspecified atom stereocenters. The highest BCUT2D eigenvalue weighted by atomic mass is 16.2. The average Bonchev–Trinajstić information content (AvgIpc) is 3.15. The number of H-pyrrole nitrogens is 2. The van der Waals surface area contributed by atoms with Crippen molar-refractivity contribution in [3.63, 3.8) is 0 Å². The van der Waals surface area contributed by atoms with Gasteiger partial charge in [0, 0.05) is 18.3 Å². The van der Waals surface area contributed by atoms with Crippen molar-refractivity contribution < 1.29 is 4.79 Å². The van der Waals surface area contributed by atoms with Gasteiger partial charge in [-0.3, -0.25) is 19.8 Å². The largest absolute Gasteiger partial charge is 0.329 e. The Bertz CT molecular complexity index is 680. The number of hydrogen-bond donors (Lipinski definition) is 4. The zero-order valence-electron chi connectivity index (χ0n) is 10.9. The van der Waals surface area contributed by atoms with Crippen LogP contribution in [-0.2, 0) is 4.79 Å². The Balaban J connectivity index is 1.73. The maximum atomic E-state index is 12.0. The van der Waals surface area contributed by atoms with Crippen LogP contribution < -0.4 is 16.6 Å². The molecule has 5 N–H and O–H groups in total. The molecule has 104 valence electrons. The van der Waals surface area contributed by atoms with E-state index in [1.807, 2.05) is 24.3 Å². The Hall–Kier alpha value is -2.34. The highest BCUT2D eigenvalue weighted by molar-refractivity contribution is 5.97. The fourth-order valence-corrected chi connectivity index (χ4v) is 2.16. The van der Waals surface area contributed by atoms with Crippen LogP contribution >= 0.6 is 0 Å². The third-order valence-electron chi connectivity index (χ3n) is 3.78.